The Kier molecular flexibility index (Phi) is 5.19. The van der Waals surface area contributed by atoms with Crippen molar-refractivity contribution in [2.24, 2.45) is 0 Å². The van der Waals surface area contributed by atoms with Crippen LogP contribution in [0.15, 0.2) is 60.0 Å². The van der Waals surface area contributed by atoms with Gasteiger partial charge in [0, 0.05) is 24.0 Å². The van der Waals surface area contributed by atoms with E-state index in [0.29, 0.717) is 23.7 Å². The van der Waals surface area contributed by atoms with Crippen LogP contribution in [0.2, 0.25) is 0 Å². The maximum Gasteiger partial charge on any atom is 0.257 e. The Balaban J connectivity index is 1.97. The maximum atomic E-state index is 12.8. The summed E-state index contributed by atoms with van der Waals surface area (Å²) in [4.78, 5) is 14.6. The number of rotatable bonds is 5. The van der Waals surface area contributed by atoms with Crippen molar-refractivity contribution in [1.82, 2.24) is 4.90 Å². The Morgan fingerprint density at radius 2 is 1.48 bits per heavy atom. The van der Waals surface area contributed by atoms with E-state index in [9.17, 15) is 4.79 Å². The minimum Gasteiger partial charge on any atom is -0.390 e. The van der Waals surface area contributed by atoms with Gasteiger partial charge in [-0.15, -0.1) is 11.3 Å². The number of hydrogen-bond donors (Lipinski definition) is 1. The maximum absolute atomic E-state index is 12.8. The topological polar surface area (TPSA) is 46.3 Å². The van der Waals surface area contributed by atoms with Crippen LogP contribution in [0.25, 0.3) is 22.3 Å². The van der Waals surface area contributed by atoms with Crippen LogP contribution in [-0.4, -0.2) is 23.9 Å². The van der Waals surface area contributed by atoms with Gasteiger partial charge in [-0.1, -0.05) is 54.6 Å². The molecule has 0 atom stereocenters. The lowest BCUT2D eigenvalue weighted by atomic mass is 9.99. The molecule has 0 spiro atoms. The molecule has 0 radical (unpaired) electrons. The zero-order chi connectivity index (χ0) is 17.8. The van der Waals surface area contributed by atoms with Crippen molar-refractivity contribution in [3.05, 3.63) is 65.5 Å². The summed E-state index contributed by atoms with van der Waals surface area (Å²) in [6.07, 6.45) is 0. The van der Waals surface area contributed by atoms with E-state index in [4.69, 9.17) is 5.73 Å². The number of hydrogen-bond acceptors (Lipinski definition) is 3. The number of thiophene rings is 1. The molecule has 1 amide bonds. The van der Waals surface area contributed by atoms with Gasteiger partial charge in [0.2, 0.25) is 0 Å². The molecule has 0 aliphatic carbocycles. The van der Waals surface area contributed by atoms with Crippen LogP contribution >= 0.6 is 11.3 Å². The molecule has 0 aliphatic heterocycles. The van der Waals surface area contributed by atoms with Gasteiger partial charge in [-0.25, -0.2) is 0 Å². The van der Waals surface area contributed by atoms with Gasteiger partial charge in [-0.2, -0.15) is 0 Å². The highest BCUT2D eigenvalue weighted by atomic mass is 32.1. The van der Waals surface area contributed by atoms with E-state index >= 15 is 0 Å². The second-order valence-electron chi connectivity index (χ2n) is 5.81. The number of amides is 1. The van der Waals surface area contributed by atoms with Crippen LogP contribution in [0.4, 0.5) is 5.00 Å². The van der Waals surface area contributed by atoms with E-state index < -0.39 is 0 Å². The van der Waals surface area contributed by atoms with E-state index in [1.165, 1.54) is 16.9 Å². The SMILES string of the molecule is CCN(CC)C(=O)c1c(-c2ccc(-c3ccccc3)cc2)csc1N. The van der Waals surface area contributed by atoms with E-state index in [1.807, 2.05) is 37.4 Å². The highest BCUT2D eigenvalue weighted by Gasteiger charge is 2.22. The standard InChI is InChI=1S/C21H22N2OS/c1-3-23(4-2)21(24)19-18(14-25-20(19)22)17-12-10-16(11-13-17)15-8-6-5-7-9-15/h5-14H,3-4,22H2,1-2H3. The summed E-state index contributed by atoms with van der Waals surface area (Å²) in [6.45, 7) is 5.32. The van der Waals surface area contributed by atoms with Crippen LogP contribution in [0.5, 0.6) is 0 Å². The summed E-state index contributed by atoms with van der Waals surface area (Å²) in [5.74, 6) is 0.00545. The number of carbonyl (C=O) groups is 1. The molecule has 3 aromatic rings. The number of nitrogen functional groups attached to an aromatic ring is 1. The first-order chi connectivity index (χ1) is 12.2. The molecule has 0 unspecified atom stereocenters. The van der Waals surface area contributed by atoms with E-state index in [-0.39, 0.29) is 5.91 Å². The predicted molar refractivity (Wildman–Crippen MR) is 107 cm³/mol. The molecule has 0 saturated carbocycles. The Bertz CT molecular complexity index is 849. The molecular weight excluding hydrogens is 328 g/mol. The lowest BCUT2D eigenvalue weighted by Gasteiger charge is -2.19. The van der Waals surface area contributed by atoms with Gasteiger partial charge in [0.25, 0.3) is 5.91 Å². The molecule has 25 heavy (non-hydrogen) atoms. The normalized spacial score (nSPS) is 10.6. The third-order valence-electron chi connectivity index (χ3n) is 4.39. The first kappa shape index (κ1) is 17.2. The third kappa shape index (κ3) is 3.44. The molecule has 3 rings (SSSR count). The van der Waals surface area contributed by atoms with Crippen LogP contribution in [0, 0.1) is 0 Å². The van der Waals surface area contributed by atoms with E-state index in [1.54, 1.807) is 4.90 Å². The van der Waals surface area contributed by atoms with Crippen molar-refractivity contribution in [3.8, 4) is 22.3 Å². The van der Waals surface area contributed by atoms with Crippen LogP contribution in [0.3, 0.4) is 0 Å². The molecule has 2 N–H and O–H groups in total. The van der Waals surface area contributed by atoms with Gasteiger partial charge in [-0.3, -0.25) is 4.79 Å². The van der Waals surface area contributed by atoms with Gasteiger partial charge in [0.15, 0.2) is 0 Å². The number of nitrogens with zero attached hydrogens (tertiary/aromatic N) is 1. The molecule has 1 heterocycles. The Morgan fingerprint density at radius 1 is 0.920 bits per heavy atom. The first-order valence-corrected chi connectivity index (χ1v) is 9.35. The molecule has 4 heteroatoms. The van der Waals surface area contributed by atoms with Crippen molar-refractivity contribution in [1.29, 1.82) is 0 Å². The molecule has 0 fully saturated rings. The zero-order valence-corrected chi connectivity index (χ0v) is 15.3. The van der Waals surface area contributed by atoms with Gasteiger partial charge in [-0.05, 0) is 30.5 Å². The first-order valence-electron chi connectivity index (χ1n) is 8.47. The van der Waals surface area contributed by atoms with Crippen molar-refractivity contribution in [2.75, 3.05) is 18.8 Å². The van der Waals surface area contributed by atoms with Crippen molar-refractivity contribution in [3.63, 3.8) is 0 Å². The lowest BCUT2D eigenvalue weighted by molar-refractivity contribution is 0.0775. The van der Waals surface area contributed by atoms with Crippen LogP contribution in [-0.2, 0) is 0 Å². The summed E-state index contributed by atoms with van der Waals surface area (Å²) in [5, 5.41) is 2.56. The van der Waals surface area contributed by atoms with Gasteiger partial charge < -0.3 is 10.6 Å². The van der Waals surface area contributed by atoms with Crippen molar-refractivity contribution in [2.45, 2.75) is 13.8 Å². The summed E-state index contributed by atoms with van der Waals surface area (Å²) in [7, 11) is 0. The molecule has 0 bridgehead atoms. The predicted octanol–water partition coefficient (Wildman–Crippen LogP) is 5.15. The second-order valence-corrected chi connectivity index (χ2v) is 6.72. The second kappa shape index (κ2) is 7.53. The van der Waals surface area contributed by atoms with Gasteiger partial charge >= 0.3 is 0 Å². The summed E-state index contributed by atoms with van der Waals surface area (Å²) < 4.78 is 0. The van der Waals surface area contributed by atoms with Crippen molar-refractivity contribution >= 4 is 22.2 Å². The van der Waals surface area contributed by atoms with E-state index in [2.05, 4.69) is 36.4 Å². The Morgan fingerprint density at radius 3 is 2.08 bits per heavy atom. The fourth-order valence-corrected chi connectivity index (χ4v) is 3.76. The summed E-state index contributed by atoms with van der Waals surface area (Å²) in [5.41, 5.74) is 11.0. The highest BCUT2D eigenvalue weighted by molar-refractivity contribution is 7.15. The monoisotopic (exact) mass is 350 g/mol. The number of carbonyl (C=O) groups excluding carboxylic acids is 1. The summed E-state index contributed by atoms with van der Waals surface area (Å²) >= 11 is 1.42. The largest absolute Gasteiger partial charge is 0.390 e. The third-order valence-corrected chi connectivity index (χ3v) is 5.20. The minimum atomic E-state index is 0.00545. The van der Waals surface area contributed by atoms with Crippen LogP contribution in [0.1, 0.15) is 24.2 Å². The molecular formula is C21H22N2OS. The quantitative estimate of drug-likeness (QED) is 0.692. The van der Waals surface area contributed by atoms with E-state index in [0.717, 1.165) is 16.7 Å². The molecule has 0 saturated heterocycles. The number of benzene rings is 2. The molecule has 1 aromatic heterocycles. The van der Waals surface area contributed by atoms with Gasteiger partial charge in [0.1, 0.15) is 0 Å². The fraction of sp³-hybridized carbons (Fsp3) is 0.190. The minimum absolute atomic E-state index is 0.00545. The molecule has 2 aromatic carbocycles. The van der Waals surface area contributed by atoms with Crippen molar-refractivity contribution < 1.29 is 4.79 Å². The molecule has 0 aliphatic rings. The Labute approximate surface area is 152 Å². The number of anilines is 1. The average molecular weight is 350 g/mol. The van der Waals surface area contributed by atoms with Crippen LogP contribution < -0.4 is 5.73 Å². The molecule has 3 nitrogen and oxygen atoms in total. The van der Waals surface area contributed by atoms with Gasteiger partial charge in [0.05, 0.1) is 10.6 Å². The lowest BCUT2D eigenvalue weighted by Crippen LogP contribution is -2.31. The molecule has 128 valence electrons. The average Bonchev–Trinajstić information content (AvgIpc) is 3.05. The number of nitrogens with two attached hydrogens (primary N) is 1. The Hall–Kier alpha value is -2.59. The summed E-state index contributed by atoms with van der Waals surface area (Å²) in [6, 6.07) is 18.5. The fourth-order valence-electron chi connectivity index (χ4n) is 2.95. The zero-order valence-electron chi connectivity index (χ0n) is 14.5. The smallest absolute Gasteiger partial charge is 0.257 e. The highest BCUT2D eigenvalue weighted by Crippen LogP contribution is 2.35.